The molecule has 1 unspecified atom stereocenters. The van der Waals surface area contributed by atoms with Crippen LogP contribution in [0.5, 0.6) is 0 Å². The molecule has 0 radical (unpaired) electrons. The Hall–Kier alpha value is -0.500. The van der Waals surface area contributed by atoms with Crippen LogP contribution in [0.15, 0.2) is 17.2 Å². The van der Waals surface area contributed by atoms with Crippen molar-refractivity contribution in [2.45, 2.75) is 49.5 Å². The predicted octanol–water partition coefficient (Wildman–Crippen LogP) is 1.56. The second-order valence-corrected chi connectivity index (χ2v) is 8.13. The van der Waals surface area contributed by atoms with Gasteiger partial charge in [0.25, 0.3) is 0 Å². The Kier molecular flexibility index (Phi) is 5.54. The van der Waals surface area contributed by atoms with Crippen molar-refractivity contribution in [1.82, 2.24) is 9.29 Å². The van der Waals surface area contributed by atoms with Gasteiger partial charge in [-0.2, -0.15) is 11.8 Å². The Morgan fingerprint density at radius 1 is 1.50 bits per heavy atom. The van der Waals surface area contributed by atoms with Crippen LogP contribution < -0.4 is 4.72 Å². The van der Waals surface area contributed by atoms with Gasteiger partial charge in [0.1, 0.15) is 0 Å². The number of hydrogen-bond donors (Lipinski definition) is 2. The van der Waals surface area contributed by atoms with Crippen LogP contribution in [0.3, 0.4) is 0 Å². The lowest BCUT2D eigenvalue weighted by molar-refractivity contribution is 0.271. The van der Waals surface area contributed by atoms with E-state index in [0.29, 0.717) is 24.0 Å². The number of nitrogens with zero attached hydrogens (tertiary/aromatic N) is 1. The lowest BCUT2D eigenvalue weighted by Gasteiger charge is -2.21. The Morgan fingerprint density at radius 3 is 2.85 bits per heavy atom. The topological polar surface area (TPSA) is 71.3 Å². The molecule has 1 aromatic heterocycles. The zero-order valence-corrected chi connectivity index (χ0v) is 13.3. The minimum atomic E-state index is -3.48. The molecule has 1 fully saturated rings. The van der Waals surface area contributed by atoms with Crippen molar-refractivity contribution in [2.75, 3.05) is 12.3 Å². The molecule has 5 nitrogen and oxygen atoms in total. The maximum absolute atomic E-state index is 12.3. The zero-order valence-electron chi connectivity index (χ0n) is 11.7. The van der Waals surface area contributed by atoms with Gasteiger partial charge in [-0.25, -0.2) is 13.1 Å². The van der Waals surface area contributed by atoms with E-state index in [2.05, 4.69) is 4.72 Å². The molecular weight excluding hydrogens is 296 g/mol. The molecule has 0 saturated carbocycles. The fraction of sp³-hybridized carbons (Fsp3) is 0.692. The summed E-state index contributed by atoms with van der Waals surface area (Å²) < 4.78 is 29.0. The van der Waals surface area contributed by atoms with E-state index in [1.54, 1.807) is 16.8 Å². The molecule has 7 heteroatoms. The lowest BCUT2D eigenvalue weighted by Crippen LogP contribution is -2.31. The van der Waals surface area contributed by atoms with E-state index in [-0.39, 0.29) is 11.5 Å². The van der Waals surface area contributed by atoms with Gasteiger partial charge in [0.15, 0.2) is 0 Å². The monoisotopic (exact) mass is 318 g/mol. The zero-order chi connectivity index (χ0) is 14.6. The standard InChI is InChI=1S/C13H22N2O3S2/c1-2-15-9-13(7-11(15)10-16)20(17,18)14-8-12-5-3-4-6-19-12/h7,9,12,14,16H,2-6,8,10H2,1H3. The number of hydrogen-bond acceptors (Lipinski definition) is 4. The molecular formula is C13H22N2O3S2. The molecule has 0 amide bonds. The minimum Gasteiger partial charge on any atom is -0.390 e. The van der Waals surface area contributed by atoms with E-state index in [0.717, 1.165) is 12.2 Å². The SMILES string of the molecule is CCn1cc(S(=O)(=O)NCC2CCCCS2)cc1CO. The van der Waals surface area contributed by atoms with Crippen LogP contribution >= 0.6 is 11.8 Å². The third-order valence-corrected chi connectivity index (χ3v) is 6.34. The van der Waals surface area contributed by atoms with E-state index in [1.807, 2.05) is 18.7 Å². The molecule has 1 aliphatic heterocycles. The Balaban J connectivity index is 2.03. The Labute approximate surface area is 124 Å². The van der Waals surface area contributed by atoms with Crippen LogP contribution in [0, 0.1) is 0 Å². The summed E-state index contributed by atoms with van der Waals surface area (Å²) in [5, 5.41) is 9.60. The maximum atomic E-state index is 12.3. The summed E-state index contributed by atoms with van der Waals surface area (Å²) in [7, 11) is -3.48. The van der Waals surface area contributed by atoms with Gasteiger partial charge in [-0.3, -0.25) is 0 Å². The summed E-state index contributed by atoms with van der Waals surface area (Å²) in [6, 6.07) is 1.54. The Bertz CT molecular complexity index is 512. The first-order valence-electron chi connectivity index (χ1n) is 6.98. The maximum Gasteiger partial charge on any atom is 0.242 e. The van der Waals surface area contributed by atoms with Gasteiger partial charge in [0.2, 0.25) is 10.0 Å². The summed E-state index contributed by atoms with van der Waals surface area (Å²) >= 11 is 1.84. The van der Waals surface area contributed by atoms with Crippen LogP contribution in [0.2, 0.25) is 0 Å². The Morgan fingerprint density at radius 2 is 2.30 bits per heavy atom. The highest BCUT2D eigenvalue weighted by Crippen LogP contribution is 2.25. The van der Waals surface area contributed by atoms with Gasteiger partial charge in [-0.05, 0) is 31.6 Å². The predicted molar refractivity (Wildman–Crippen MR) is 81.3 cm³/mol. The first kappa shape index (κ1) is 15.9. The van der Waals surface area contributed by atoms with Crippen molar-refractivity contribution >= 4 is 21.8 Å². The fourth-order valence-electron chi connectivity index (χ4n) is 2.35. The van der Waals surface area contributed by atoms with Gasteiger partial charge >= 0.3 is 0 Å². The quantitative estimate of drug-likeness (QED) is 0.835. The van der Waals surface area contributed by atoms with Gasteiger partial charge in [-0.1, -0.05) is 6.42 Å². The molecule has 114 valence electrons. The summed E-state index contributed by atoms with van der Waals surface area (Å²) in [5.41, 5.74) is 0.625. The van der Waals surface area contributed by atoms with Crippen molar-refractivity contribution in [1.29, 1.82) is 0 Å². The molecule has 0 aliphatic carbocycles. The van der Waals surface area contributed by atoms with Crippen LogP contribution in [-0.4, -0.2) is 35.6 Å². The van der Waals surface area contributed by atoms with Crippen molar-refractivity contribution in [3.8, 4) is 0 Å². The van der Waals surface area contributed by atoms with Gasteiger partial charge in [0.05, 0.1) is 11.5 Å². The van der Waals surface area contributed by atoms with Gasteiger partial charge in [-0.15, -0.1) is 0 Å². The molecule has 2 heterocycles. The average Bonchev–Trinajstić information content (AvgIpc) is 2.90. The number of nitrogens with one attached hydrogen (secondary N) is 1. The van der Waals surface area contributed by atoms with Crippen LogP contribution in [-0.2, 0) is 23.2 Å². The van der Waals surface area contributed by atoms with Crippen LogP contribution in [0.25, 0.3) is 0 Å². The normalized spacial score (nSPS) is 20.2. The number of aliphatic hydroxyl groups excluding tert-OH is 1. The van der Waals surface area contributed by atoms with Gasteiger partial charge in [0, 0.05) is 30.2 Å². The largest absolute Gasteiger partial charge is 0.390 e. The first-order valence-corrected chi connectivity index (χ1v) is 9.51. The fourth-order valence-corrected chi connectivity index (χ4v) is 4.84. The highest BCUT2D eigenvalue weighted by molar-refractivity contribution is 8.00. The molecule has 2 rings (SSSR count). The van der Waals surface area contributed by atoms with E-state index in [9.17, 15) is 13.5 Å². The van der Waals surface area contributed by atoms with Crippen LogP contribution in [0.1, 0.15) is 31.9 Å². The summed E-state index contributed by atoms with van der Waals surface area (Å²) in [5.74, 6) is 1.12. The minimum absolute atomic E-state index is 0.151. The highest BCUT2D eigenvalue weighted by Gasteiger charge is 2.21. The van der Waals surface area contributed by atoms with Gasteiger partial charge < -0.3 is 9.67 Å². The number of sulfonamides is 1. The molecule has 1 atom stereocenters. The number of rotatable bonds is 6. The molecule has 1 aromatic rings. The van der Waals surface area contributed by atoms with Crippen LogP contribution in [0.4, 0.5) is 0 Å². The van der Waals surface area contributed by atoms with Crippen molar-refractivity contribution < 1.29 is 13.5 Å². The third-order valence-electron chi connectivity index (χ3n) is 3.55. The molecule has 2 N–H and O–H groups in total. The first-order chi connectivity index (χ1) is 9.56. The summed E-state index contributed by atoms with van der Waals surface area (Å²) in [4.78, 5) is 0.240. The summed E-state index contributed by atoms with van der Waals surface area (Å²) in [6.45, 7) is 2.89. The molecule has 20 heavy (non-hydrogen) atoms. The van der Waals surface area contributed by atoms with E-state index in [4.69, 9.17) is 0 Å². The van der Waals surface area contributed by atoms with E-state index in [1.165, 1.54) is 12.8 Å². The van der Waals surface area contributed by atoms with Crippen molar-refractivity contribution in [2.24, 2.45) is 0 Å². The van der Waals surface area contributed by atoms with E-state index < -0.39 is 10.0 Å². The lowest BCUT2D eigenvalue weighted by atomic mass is 10.2. The van der Waals surface area contributed by atoms with Crippen molar-refractivity contribution in [3.63, 3.8) is 0 Å². The average molecular weight is 318 g/mol. The van der Waals surface area contributed by atoms with E-state index >= 15 is 0 Å². The number of aliphatic hydroxyl groups is 1. The number of aromatic nitrogens is 1. The molecule has 0 aromatic carbocycles. The highest BCUT2D eigenvalue weighted by atomic mass is 32.2. The number of aryl methyl sites for hydroxylation is 1. The smallest absolute Gasteiger partial charge is 0.242 e. The second kappa shape index (κ2) is 6.98. The van der Waals surface area contributed by atoms with Crippen molar-refractivity contribution in [3.05, 3.63) is 18.0 Å². The molecule has 1 saturated heterocycles. The second-order valence-electron chi connectivity index (χ2n) is 4.95. The molecule has 0 spiro atoms. The molecule has 0 bridgehead atoms. The summed E-state index contributed by atoms with van der Waals surface area (Å²) in [6.07, 6.45) is 5.07. The molecule has 1 aliphatic rings. The number of thioether (sulfide) groups is 1. The third kappa shape index (κ3) is 3.78.